The van der Waals surface area contributed by atoms with E-state index in [-0.39, 0.29) is 0 Å². The van der Waals surface area contributed by atoms with Crippen LogP contribution in [0.2, 0.25) is 0 Å². The van der Waals surface area contributed by atoms with Crippen molar-refractivity contribution < 1.29 is 0 Å². The lowest BCUT2D eigenvalue weighted by Crippen LogP contribution is -2.08. The van der Waals surface area contributed by atoms with E-state index in [1.54, 1.807) is 0 Å². The standard InChI is InChI=1S/C10H20S/c1-4-6-10(7-8-11)9(3)5-2/h4,6,9-11H,5,7-8H2,1-3H3/b6-4-. The summed E-state index contributed by atoms with van der Waals surface area (Å²) in [5.74, 6) is 2.54. The van der Waals surface area contributed by atoms with Gasteiger partial charge in [-0.25, -0.2) is 0 Å². The van der Waals surface area contributed by atoms with Crippen molar-refractivity contribution >= 4 is 12.6 Å². The first-order valence-corrected chi connectivity index (χ1v) is 5.13. The van der Waals surface area contributed by atoms with Crippen LogP contribution >= 0.6 is 12.6 Å². The molecule has 0 aliphatic carbocycles. The van der Waals surface area contributed by atoms with Crippen LogP contribution in [0.25, 0.3) is 0 Å². The molecule has 0 aliphatic heterocycles. The summed E-state index contributed by atoms with van der Waals surface area (Å²) in [7, 11) is 0. The van der Waals surface area contributed by atoms with Gasteiger partial charge in [0.2, 0.25) is 0 Å². The number of thiol groups is 1. The highest BCUT2D eigenvalue weighted by Crippen LogP contribution is 2.20. The van der Waals surface area contributed by atoms with Gasteiger partial charge in [0.1, 0.15) is 0 Å². The maximum atomic E-state index is 4.25. The van der Waals surface area contributed by atoms with Crippen molar-refractivity contribution in [2.45, 2.75) is 33.6 Å². The van der Waals surface area contributed by atoms with E-state index in [1.165, 1.54) is 12.8 Å². The second kappa shape index (κ2) is 6.78. The second-order valence-electron chi connectivity index (χ2n) is 3.09. The van der Waals surface area contributed by atoms with Gasteiger partial charge < -0.3 is 0 Å². The third-order valence-corrected chi connectivity index (χ3v) is 2.54. The monoisotopic (exact) mass is 172 g/mol. The normalized spacial score (nSPS) is 17.1. The first-order valence-electron chi connectivity index (χ1n) is 4.49. The Bertz CT molecular complexity index is 107. The molecule has 0 aromatic carbocycles. The molecule has 1 heteroatoms. The summed E-state index contributed by atoms with van der Waals surface area (Å²) < 4.78 is 0. The van der Waals surface area contributed by atoms with E-state index in [0.717, 1.165) is 17.6 Å². The van der Waals surface area contributed by atoms with E-state index in [9.17, 15) is 0 Å². The van der Waals surface area contributed by atoms with E-state index < -0.39 is 0 Å². The molecule has 0 amide bonds. The molecule has 0 N–H and O–H groups in total. The van der Waals surface area contributed by atoms with Crippen LogP contribution in [0.3, 0.4) is 0 Å². The van der Waals surface area contributed by atoms with E-state index in [2.05, 4.69) is 45.6 Å². The van der Waals surface area contributed by atoms with Gasteiger partial charge in [0, 0.05) is 0 Å². The second-order valence-corrected chi connectivity index (χ2v) is 3.53. The summed E-state index contributed by atoms with van der Waals surface area (Å²) in [6, 6.07) is 0. The fourth-order valence-electron chi connectivity index (χ4n) is 1.27. The van der Waals surface area contributed by atoms with E-state index >= 15 is 0 Å². The van der Waals surface area contributed by atoms with Crippen LogP contribution in [-0.4, -0.2) is 5.75 Å². The molecule has 0 heterocycles. The largest absolute Gasteiger partial charge is 0.179 e. The smallest absolute Gasteiger partial charge is 0.00922 e. The van der Waals surface area contributed by atoms with Crippen LogP contribution < -0.4 is 0 Å². The van der Waals surface area contributed by atoms with Gasteiger partial charge in [-0.3, -0.25) is 0 Å². The minimum absolute atomic E-state index is 0.738. The third-order valence-electron chi connectivity index (χ3n) is 2.28. The molecule has 0 nitrogen and oxygen atoms in total. The maximum Gasteiger partial charge on any atom is -0.00922 e. The van der Waals surface area contributed by atoms with Crippen LogP contribution in [0.1, 0.15) is 33.6 Å². The average Bonchev–Trinajstić information content (AvgIpc) is 2.03. The number of hydrogen-bond donors (Lipinski definition) is 1. The summed E-state index contributed by atoms with van der Waals surface area (Å²) in [5.41, 5.74) is 0. The van der Waals surface area contributed by atoms with Crippen molar-refractivity contribution in [1.29, 1.82) is 0 Å². The number of hydrogen-bond acceptors (Lipinski definition) is 1. The topological polar surface area (TPSA) is 0 Å². The number of rotatable bonds is 5. The van der Waals surface area contributed by atoms with Gasteiger partial charge >= 0.3 is 0 Å². The summed E-state index contributed by atoms with van der Waals surface area (Å²) in [6.07, 6.45) is 6.94. The van der Waals surface area contributed by atoms with Crippen molar-refractivity contribution in [3.63, 3.8) is 0 Å². The highest BCUT2D eigenvalue weighted by atomic mass is 32.1. The lowest BCUT2D eigenvalue weighted by atomic mass is 9.89. The van der Waals surface area contributed by atoms with Crippen molar-refractivity contribution in [1.82, 2.24) is 0 Å². The molecule has 0 spiro atoms. The van der Waals surface area contributed by atoms with Crippen LogP contribution in [-0.2, 0) is 0 Å². The first-order chi connectivity index (χ1) is 5.26. The zero-order chi connectivity index (χ0) is 8.69. The summed E-state index contributed by atoms with van der Waals surface area (Å²) in [6.45, 7) is 6.65. The highest BCUT2D eigenvalue weighted by molar-refractivity contribution is 7.80. The lowest BCUT2D eigenvalue weighted by molar-refractivity contribution is 0.408. The molecule has 0 aromatic heterocycles. The third kappa shape index (κ3) is 4.52. The highest BCUT2D eigenvalue weighted by Gasteiger charge is 2.10. The lowest BCUT2D eigenvalue weighted by Gasteiger charge is -2.17. The SMILES string of the molecule is C/C=C\C(CCS)C(C)CC. The molecule has 0 radical (unpaired) electrons. The van der Waals surface area contributed by atoms with Gasteiger partial charge in [0.15, 0.2) is 0 Å². The molecule has 2 atom stereocenters. The minimum Gasteiger partial charge on any atom is -0.179 e. The van der Waals surface area contributed by atoms with Gasteiger partial charge in [-0.05, 0) is 30.9 Å². The van der Waals surface area contributed by atoms with Gasteiger partial charge in [0.25, 0.3) is 0 Å². The molecular weight excluding hydrogens is 152 g/mol. The molecule has 0 aliphatic rings. The quantitative estimate of drug-likeness (QED) is 0.476. The van der Waals surface area contributed by atoms with Crippen LogP contribution in [0.5, 0.6) is 0 Å². The Balaban J connectivity index is 3.86. The molecule has 0 aromatic rings. The summed E-state index contributed by atoms with van der Waals surface area (Å²) in [5, 5.41) is 0. The summed E-state index contributed by atoms with van der Waals surface area (Å²) in [4.78, 5) is 0. The van der Waals surface area contributed by atoms with Crippen molar-refractivity contribution in [2.75, 3.05) is 5.75 Å². The van der Waals surface area contributed by atoms with Gasteiger partial charge in [-0.2, -0.15) is 12.6 Å². The average molecular weight is 172 g/mol. The van der Waals surface area contributed by atoms with Gasteiger partial charge in [0.05, 0.1) is 0 Å². The predicted molar refractivity (Wildman–Crippen MR) is 56.2 cm³/mol. The van der Waals surface area contributed by atoms with Crippen molar-refractivity contribution in [3.05, 3.63) is 12.2 Å². The predicted octanol–water partition coefficient (Wildman–Crippen LogP) is 3.54. The molecular formula is C10H20S. The summed E-state index contributed by atoms with van der Waals surface area (Å²) >= 11 is 4.25. The molecule has 11 heavy (non-hydrogen) atoms. The zero-order valence-corrected chi connectivity index (χ0v) is 8.77. The Labute approximate surface area is 76.5 Å². The Hall–Kier alpha value is 0.0900. The molecule has 0 rings (SSSR count). The molecule has 0 fully saturated rings. The van der Waals surface area contributed by atoms with Crippen molar-refractivity contribution in [3.8, 4) is 0 Å². The van der Waals surface area contributed by atoms with Gasteiger partial charge in [-0.15, -0.1) is 0 Å². The van der Waals surface area contributed by atoms with Crippen LogP contribution in [0, 0.1) is 11.8 Å². The fourth-order valence-corrected chi connectivity index (χ4v) is 1.57. The molecule has 2 unspecified atom stereocenters. The first kappa shape index (κ1) is 11.1. The Morgan fingerprint density at radius 3 is 2.45 bits per heavy atom. The Morgan fingerprint density at radius 2 is 2.09 bits per heavy atom. The maximum absolute atomic E-state index is 4.25. The molecule has 0 saturated heterocycles. The van der Waals surface area contributed by atoms with E-state index in [0.29, 0.717) is 0 Å². The van der Waals surface area contributed by atoms with Crippen molar-refractivity contribution in [2.24, 2.45) is 11.8 Å². The Kier molecular flexibility index (Phi) is 6.83. The van der Waals surface area contributed by atoms with E-state index in [4.69, 9.17) is 0 Å². The Morgan fingerprint density at radius 1 is 1.45 bits per heavy atom. The molecule has 0 saturated carbocycles. The molecule has 0 bridgehead atoms. The number of allylic oxidation sites excluding steroid dienone is 2. The van der Waals surface area contributed by atoms with Crippen LogP contribution in [0.4, 0.5) is 0 Å². The minimum atomic E-state index is 0.738. The van der Waals surface area contributed by atoms with Gasteiger partial charge in [-0.1, -0.05) is 32.4 Å². The molecule has 66 valence electrons. The van der Waals surface area contributed by atoms with Crippen LogP contribution in [0.15, 0.2) is 12.2 Å². The fraction of sp³-hybridized carbons (Fsp3) is 0.800. The zero-order valence-electron chi connectivity index (χ0n) is 7.88. The van der Waals surface area contributed by atoms with E-state index in [1.807, 2.05) is 0 Å².